The Morgan fingerprint density at radius 2 is 1.17 bits per heavy atom. The van der Waals surface area contributed by atoms with Gasteiger partial charge >= 0.3 is 11.9 Å². The number of hydrogen-bond donors (Lipinski definition) is 2. The molecule has 0 aliphatic heterocycles. The van der Waals surface area contributed by atoms with Crippen LogP contribution in [0.25, 0.3) is 0 Å². The highest BCUT2D eigenvalue weighted by molar-refractivity contribution is 5.80. The van der Waals surface area contributed by atoms with E-state index in [9.17, 15) is 14.4 Å². The molecule has 0 aliphatic rings. The van der Waals surface area contributed by atoms with Crippen molar-refractivity contribution in [2.45, 2.75) is 168 Å². The molecule has 0 fully saturated rings. The second-order valence-corrected chi connectivity index (χ2v) is 11.4. The summed E-state index contributed by atoms with van der Waals surface area (Å²) in [5.74, 6) is -1.33. The van der Waals surface area contributed by atoms with Gasteiger partial charge in [0.2, 0.25) is 5.91 Å². The molecule has 0 radical (unpaired) electrons. The van der Waals surface area contributed by atoms with Crippen molar-refractivity contribution in [1.82, 2.24) is 5.32 Å². The number of nitrogens with one attached hydrogen (secondary N) is 1. The third-order valence-corrected chi connectivity index (χ3v) is 7.30. The maximum atomic E-state index is 12.5. The number of carbonyl (C=O) groups is 3. The predicted octanol–water partition coefficient (Wildman–Crippen LogP) is 9.78. The molecular formula is C36H63NO5. The van der Waals surface area contributed by atoms with Crippen LogP contribution in [0.15, 0.2) is 36.5 Å². The van der Waals surface area contributed by atoms with Crippen molar-refractivity contribution < 1.29 is 24.2 Å². The molecule has 42 heavy (non-hydrogen) atoms. The Hall–Kier alpha value is -2.37. The number of esters is 1. The molecule has 6 nitrogen and oxygen atoms in total. The van der Waals surface area contributed by atoms with Gasteiger partial charge in [0.1, 0.15) is 12.6 Å². The zero-order chi connectivity index (χ0) is 30.9. The second-order valence-electron chi connectivity index (χ2n) is 11.4. The Kier molecular flexibility index (Phi) is 29.8. The minimum absolute atomic E-state index is 0.0938. The van der Waals surface area contributed by atoms with E-state index in [1.54, 1.807) is 0 Å². The molecule has 1 atom stereocenters. The average Bonchev–Trinajstić information content (AvgIpc) is 2.97. The van der Waals surface area contributed by atoms with E-state index in [0.717, 1.165) is 70.6 Å². The van der Waals surface area contributed by atoms with Crippen LogP contribution in [0, 0.1) is 0 Å². The summed E-state index contributed by atoms with van der Waals surface area (Å²) in [5.41, 5.74) is 0. The first-order chi connectivity index (χ1) is 20.5. The van der Waals surface area contributed by atoms with Crippen molar-refractivity contribution in [3.05, 3.63) is 36.5 Å². The molecule has 0 saturated heterocycles. The maximum absolute atomic E-state index is 12.5. The van der Waals surface area contributed by atoms with Crippen molar-refractivity contribution in [1.29, 1.82) is 0 Å². The molecule has 1 amide bonds. The van der Waals surface area contributed by atoms with E-state index in [2.05, 4.69) is 49.5 Å². The lowest BCUT2D eigenvalue weighted by Crippen LogP contribution is -2.28. The second kappa shape index (κ2) is 31.6. The van der Waals surface area contributed by atoms with Gasteiger partial charge in [0.25, 0.3) is 0 Å². The van der Waals surface area contributed by atoms with Crippen LogP contribution in [0.4, 0.5) is 0 Å². The topological polar surface area (TPSA) is 92.7 Å². The molecule has 0 saturated carbocycles. The first-order valence-corrected chi connectivity index (χ1v) is 17.1. The molecule has 0 spiro atoms. The van der Waals surface area contributed by atoms with E-state index in [1.165, 1.54) is 64.2 Å². The van der Waals surface area contributed by atoms with Crippen LogP contribution in [0.3, 0.4) is 0 Å². The zero-order valence-electron chi connectivity index (χ0n) is 27.1. The average molecular weight is 590 g/mol. The normalized spacial score (nSPS) is 12.4. The van der Waals surface area contributed by atoms with Gasteiger partial charge in [-0.3, -0.25) is 14.4 Å². The lowest BCUT2D eigenvalue weighted by molar-refractivity contribution is -0.147. The van der Waals surface area contributed by atoms with Gasteiger partial charge in [-0.05, 0) is 57.4 Å². The maximum Gasteiger partial charge on any atom is 0.322 e. The van der Waals surface area contributed by atoms with Gasteiger partial charge in [-0.1, -0.05) is 128 Å². The van der Waals surface area contributed by atoms with Crippen LogP contribution >= 0.6 is 0 Å². The molecule has 0 aromatic heterocycles. The Morgan fingerprint density at radius 3 is 1.81 bits per heavy atom. The summed E-state index contributed by atoms with van der Waals surface area (Å²) in [4.78, 5) is 34.7. The monoisotopic (exact) mass is 589 g/mol. The molecule has 6 heteroatoms. The van der Waals surface area contributed by atoms with Crippen molar-refractivity contribution in [3.63, 3.8) is 0 Å². The minimum atomic E-state index is -1.03. The standard InChI is InChI=1S/C36H63NO5/c1-3-5-7-9-11-13-14-16-17-20-24-28-33(29-25-21-19-22-26-30-34(38)37-32-35(39)40)42-36(41)31-27-23-18-15-12-10-8-6-4-2/h11,13,16-17,24,28,33H,3-10,12,14-15,18-23,25-27,29-32H2,1-2H3,(H,37,38)(H,39,40)/b13-11-,17-16-,28-24-. The number of carboxylic acid groups (broad SMARTS) is 1. The van der Waals surface area contributed by atoms with Gasteiger partial charge in [0.05, 0.1) is 0 Å². The predicted molar refractivity (Wildman–Crippen MR) is 175 cm³/mol. The van der Waals surface area contributed by atoms with E-state index in [4.69, 9.17) is 9.84 Å². The fourth-order valence-corrected chi connectivity index (χ4v) is 4.73. The summed E-state index contributed by atoms with van der Waals surface area (Å²) < 4.78 is 5.86. The smallest absolute Gasteiger partial charge is 0.322 e. The third-order valence-electron chi connectivity index (χ3n) is 7.30. The lowest BCUT2D eigenvalue weighted by Gasteiger charge is -2.14. The molecule has 0 bridgehead atoms. The Bertz CT molecular complexity index is 743. The number of amides is 1. The number of allylic oxidation sites excluding steroid dienone is 5. The van der Waals surface area contributed by atoms with E-state index < -0.39 is 5.97 Å². The Balaban J connectivity index is 4.36. The summed E-state index contributed by atoms with van der Waals surface area (Å²) in [6.07, 6.45) is 37.0. The fourth-order valence-electron chi connectivity index (χ4n) is 4.73. The quantitative estimate of drug-likeness (QED) is 0.0494. The molecule has 0 aromatic rings. The summed E-state index contributed by atoms with van der Waals surface area (Å²) in [7, 11) is 0. The van der Waals surface area contributed by atoms with Crippen LogP contribution in [0.5, 0.6) is 0 Å². The number of carbonyl (C=O) groups excluding carboxylic acids is 2. The molecule has 0 rings (SSSR count). The molecule has 242 valence electrons. The summed E-state index contributed by atoms with van der Waals surface area (Å²) in [5, 5.41) is 11.0. The van der Waals surface area contributed by atoms with Crippen LogP contribution in [-0.4, -0.2) is 35.6 Å². The third kappa shape index (κ3) is 30.6. The lowest BCUT2D eigenvalue weighted by atomic mass is 10.1. The van der Waals surface area contributed by atoms with E-state index in [-0.39, 0.29) is 24.5 Å². The highest BCUT2D eigenvalue weighted by Crippen LogP contribution is 2.15. The van der Waals surface area contributed by atoms with Gasteiger partial charge in [0, 0.05) is 12.8 Å². The van der Waals surface area contributed by atoms with Crippen molar-refractivity contribution in [3.8, 4) is 0 Å². The summed E-state index contributed by atoms with van der Waals surface area (Å²) in [6.45, 7) is 4.15. The van der Waals surface area contributed by atoms with Gasteiger partial charge in [-0.2, -0.15) is 0 Å². The molecule has 0 aromatic carbocycles. The largest absolute Gasteiger partial charge is 0.480 e. The van der Waals surface area contributed by atoms with Crippen molar-refractivity contribution in [2.24, 2.45) is 0 Å². The highest BCUT2D eigenvalue weighted by Gasteiger charge is 2.11. The molecule has 1 unspecified atom stereocenters. The highest BCUT2D eigenvalue weighted by atomic mass is 16.5. The summed E-state index contributed by atoms with van der Waals surface area (Å²) >= 11 is 0. The number of hydrogen-bond acceptors (Lipinski definition) is 4. The van der Waals surface area contributed by atoms with E-state index in [1.807, 2.05) is 6.08 Å². The Morgan fingerprint density at radius 1 is 0.643 bits per heavy atom. The molecular weight excluding hydrogens is 526 g/mol. The minimum Gasteiger partial charge on any atom is -0.480 e. The number of carboxylic acids is 1. The SMILES string of the molecule is CCCCC/C=C\C/C=C\C/C=C\C(CCCCCCCC(=O)NCC(=O)O)OC(=O)CCCCCCCCCCC. The number of aliphatic carboxylic acids is 1. The van der Waals surface area contributed by atoms with Crippen LogP contribution < -0.4 is 5.32 Å². The molecule has 0 aliphatic carbocycles. The van der Waals surface area contributed by atoms with E-state index >= 15 is 0 Å². The van der Waals surface area contributed by atoms with Crippen LogP contribution in [0.2, 0.25) is 0 Å². The molecule has 0 heterocycles. The molecule has 2 N–H and O–H groups in total. The first kappa shape index (κ1) is 39.6. The van der Waals surface area contributed by atoms with Gasteiger partial charge in [-0.15, -0.1) is 0 Å². The number of ether oxygens (including phenoxy) is 1. The van der Waals surface area contributed by atoms with Crippen molar-refractivity contribution in [2.75, 3.05) is 6.54 Å². The van der Waals surface area contributed by atoms with Crippen LogP contribution in [0.1, 0.15) is 162 Å². The first-order valence-electron chi connectivity index (χ1n) is 17.1. The Labute approximate surface area is 257 Å². The number of unbranched alkanes of at least 4 members (excludes halogenated alkanes) is 15. The fraction of sp³-hybridized carbons (Fsp3) is 0.750. The van der Waals surface area contributed by atoms with Crippen LogP contribution in [-0.2, 0) is 19.1 Å². The van der Waals surface area contributed by atoms with Crippen molar-refractivity contribution >= 4 is 17.8 Å². The summed E-state index contributed by atoms with van der Waals surface area (Å²) in [6, 6.07) is 0. The van der Waals surface area contributed by atoms with E-state index in [0.29, 0.717) is 12.8 Å². The zero-order valence-corrected chi connectivity index (χ0v) is 27.1. The van der Waals surface area contributed by atoms with Gasteiger partial charge < -0.3 is 15.2 Å². The number of rotatable bonds is 30. The van der Waals surface area contributed by atoms with Gasteiger partial charge in [-0.25, -0.2) is 0 Å². The van der Waals surface area contributed by atoms with Gasteiger partial charge in [0.15, 0.2) is 0 Å².